The number of phenolic OH excluding ortho intramolecular Hbond substituents is 1. The van der Waals surface area contributed by atoms with Crippen molar-refractivity contribution in [3.05, 3.63) is 29.1 Å². The predicted molar refractivity (Wildman–Crippen MR) is 56.6 cm³/mol. The van der Waals surface area contributed by atoms with Crippen molar-refractivity contribution in [2.24, 2.45) is 5.73 Å². The maximum Gasteiger partial charge on any atom is 0.303 e. The minimum Gasteiger partial charge on any atom is -0.505 e. The predicted octanol–water partition coefficient (Wildman–Crippen LogP) is 1.70. The van der Waals surface area contributed by atoms with Gasteiger partial charge in [0.1, 0.15) is 0 Å². The molecule has 1 atom stereocenters. The van der Waals surface area contributed by atoms with Gasteiger partial charge in [0.15, 0.2) is 11.6 Å². The van der Waals surface area contributed by atoms with Gasteiger partial charge in [-0.3, -0.25) is 4.79 Å². The van der Waals surface area contributed by atoms with Crippen LogP contribution in [0.3, 0.4) is 0 Å². The van der Waals surface area contributed by atoms with Gasteiger partial charge in [-0.1, -0.05) is 0 Å². The summed E-state index contributed by atoms with van der Waals surface area (Å²) < 4.78 is 13.0. The topological polar surface area (TPSA) is 83.5 Å². The quantitative estimate of drug-likeness (QED) is 0.731. The first-order chi connectivity index (χ1) is 7.41. The van der Waals surface area contributed by atoms with Crippen LogP contribution in [0.5, 0.6) is 5.75 Å². The van der Waals surface area contributed by atoms with Crippen molar-refractivity contribution < 1.29 is 19.4 Å². The van der Waals surface area contributed by atoms with Crippen molar-refractivity contribution in [3.63, 3.8) is 0 Å². The Balaban J connectivity index is 2.86. The highest BCUT2D eigenvalue weighted by molar-refractivity contribution is 5.66. The van der Waals surface area contributed by atoms with Gasteiger partial charge in [0, 0.05) is 12.5 Å². The van der Waals surface area contributed by atoms with Crippen LogP contribution in [-0.4, -0.2) is 16.2 Å². The number of carbonyl (C=O) groups is 1. The fraction of sp³-hybridized carbons (Fsp3) is 0.364. The van der Waals surface area contributed by atoms with E-state index in [4.69, 9.17) is 10.8 Å². The highest BCUT2D eigenvalue weighted by atomic mass is 19.1. The Morgan fingerprint density at radius 2 is 2.19 bits per heavy atom. The standard InChI is InChI=1S/C11H14FNO3/c1-6-4-8(12)10(14)5-7(6)9(13)2-3-11(15)16/h4-5,9,14H,2-3,13H2,1H3,(H,15,16). The number of nitrogens with two attached hydrogens (primary N) is 1. The molecule has 0 aliphatic carbocycles. The van der Waals surface area contributed by atoms with Crippen molar-refractivity contribution in [3.8, 4) is 5.75 Å². The average molecular weight is 227 g/mol. The van der Waals surface area contributed by atoms with E-state index in [1.807, 2.05) is 0 Å². The lowest BCUT2D eigenvalue weighted by molar-refractivity contribution is -0.137. The second-order valence-electron chi connectivity index (χ2n) is 3.70. The van der Waals surface area contributed by atoms with E-state index in [0.717, 1.165) is 0 Å². The smallest absolute Gasteiger partial charge is 0.303 e. The maximum absolute atomic E-state index is 13.0. The van der Waals surface area contributed by atoms with Crippen LogP contribution in [0, 0.1) is 12.7 Å². The summed E-state index contributed by atoms with van der Waals surface area (Å²) >= 11 is 0. The summed E-state index contributed by atoms with van der Waals surface area (Å²) in [6.45, 7) is 1.67. The van der Waals surface area contributed by atoms with Crippen LogP contribution in [0.15, 0.2) is 12.1 Å². The molecule has 1 unspecified atom stereocenters. The lowest BCUT2D eigenvalue weighted by Crippen LogP contribution is -2.13. The molecule has 1 aromatic rings. The molecular weight excluding hydrogens is 213 g/mol. The second-order valence-corrected chi connectivity index (χ2v) is 3.70. The molecule has 0 spiro atoms. The molecule has 0 aromatic heterocycles. The average Bonchev–Trinajstić information content (AvgIpc) is 2.20. The van der Waals surface area contributed by atoms with Gasteiger partial charge in [-0.15, -0.1) is 0 Å². The molecule has 0 aliphatic rings. The third-order valence-corrected chi connectivity index (χ3v) is 2.40. The molecule has 5 heteroatoms. The highest BCUT2D eigenvalue weighted by Gasteiger charge is 2.13. The van der Waals surface area contributed by atoms with Crippen LogP contribution in [0.4, 0.5) is 4.39 Å². The third-order valence-electron chi connectivity index (χ3n) is 2.40. The number of rotatable bonds is 4. The van der Waals surface area contributed by atoms with Crippen molar-refractivity contribution in [2.45, 2.75) is 25.8 Å². The van der Waals surface area contributed by atoms with Gasteiger partial charge >= 0.3 is 5.97 Å². The highest BCUT2D eigenvalue weighted by Crippen LogP contribution is 2.26. The molecule has 0 amide bonds. The third kappa shape index (κ3) is 2.93. The van der Waals surface area contributed by atoms with Gasteiger partial charge in [-0.25, -0.2) is 4.39 Å². The van der Waals surface area contributed by atoms with Gasteiger partial charge in [0.2, 0.25) is 0 Å². The van der Waals surface area contributed by atoms with Gasteiger partial charge in [-0.2, -0.15) is 0 Å². The maximum atomic E-state index is 13.0. The normalized spacial score (nSPS) is 12.4. The summed E-state index contributed by atoms with van der Waals surface area (Å²) in [5, 5.41) is 17.7. The van der Waals surface area contributed by atoms with E-state index in [0.29, 0.717) is 11.1 Å². The first-order valence-electron chi connectivity index (χ1n) is 4.88. The van der Waals surface area contributed by atoms with Crippen molar-refractivity contribution >= 4 is 5.97 Å². The molecule has 0 heterocycles. The van der Waals surface area contributed by atoms with Crippen LogP contribution in [0.2, 0.25) is 0 Å². The molecule has 0 saturated carbocycles. The minimum absolute atomic E-state index is 0.0568. The fourth-order valence-electron chi connectivity index (χ4n) is 1.51. The Morgan fingerprint density at radius 1 is 1.56 bits per heavy atom. The lowest BCUT2D eigenvalue weighted by Gasteiger charge is -2.14. The van der Waals surface area contributed by atoms with E-state index < -0.39 is 23.6 Å². The number of halogens is 1. The number of benzene rings is 1. The van der Waals surface area contributed by atoms with E-state index >= 15 is 0 Å². The molecule has 0 bridgehead atoms. The summed E-state index contributed by atoms with van der Waals surface area (Å²) in [7, 11) is 0. The SMILES string of the molecule is Cc1cc(F)c(O)cc1C(N)CCC(=O)O. The van der Waals surface area contributed by atoms with Gasteiger partial charge < -0.3 is 15.9 Å². The molecule has 0 aliphatic heterocycles. The minimum atomic E-state index is -0.931. The Hall–Kier alpha value is -1.62. The molecule has 0 saturated heterocycles. The van der Waals surface area contributed by atoms with Gasteiger partial charge in [0.25, 0.3) is 0 Å². The van der Waals surface area contributed by atoms with E-state index in [-0.39, 0.29) is 12.8 Å². The number of phenols is 1. The van der Waals surface area contributed by atoms with Crippen LogP contribution in [0.25, 0.3) is 0 Å². The van der Waals surface area contributed by atoms with Gasteiger partial charge in [-0.05, 0) is 36.6 Å². The first kappa shape index (κ1) is 12.4. The Labute approximate surface area is 92.5 Å². The molecule has 1 aromatic carbocycles. The monoisotopic (exact) mass is 227 g/mol. The molecular formula is C11H14FNO3. The Kier molecular flexibility index (Phi) is 3.84. The summed E-state index contributed by atoms with van der Waals surface area (Å²) in [6, 6.07) is 1.92. The van der Waals surface area contributed by atoms with E-state index in [1.165, 1.54) is 12.1 Å². The van der Waals surface area contributed by atoms with Crippen LogP contribution in [-0.2, 0) is 4.79 Å². The van der Waals surface area contributed by atoms with Crippen LogP contribution in [0.1, 0.15) is 30.0 Å². The molecule has 0 fully saturated rings. The number of aryl methyl sites for hydroxylation is 1. The number of aliphatic carboxylic acids is 1. The molecule has 88 valence electrons. The van der Waals surface area contributed by atoms with E-state index in [1.54, 1.807) is 6.92 Å². The van der Waals surface area contributed by atoms with E-state index in [9.17, 15) is 14.3 Å². The first-order valence-corrected chi connectivity index (χ1v) is 4.88. The Bertz CT molecular complexity index is 406. The summed E-state index contributed by atoms with van der Waals surface area (Å²) in [6.07, 6.45) is 0.194. The number of hydrogen-bond donors (Lipinski definition) is 3. The molecule has 1 rings (SSSR count). The number of carboxylic acids is 1. The van der Waals surface area contributed by atoms with Crippen molar-refractivity contribution in [2.75, 3.05) is 0 Å². The molecule has 4 nitrogen and oxygen atoms in total. The molecule has 0 radical (unpaired) electrons. The zero-order valence-electron chi connectivity index (χ0n) is 8.90. The molecule has 16 heavy (non-hydrogen) atoms. The van der Waals surface area contributed by atoms with Crippen molar-refractivity contribution in [1.82, 2.24) is 0 Å². The second kappa shape index (κ2) is 4.94. The van der Waals surface area contributed by atoms with Crippen molar-refractivity contribution in [1.29, 1.82) is 0 Å². The number of hydrogen-bond acceptors (Lipinski definition) is 3. The summed E-state index contributed by atoms with van der Waals surface area (Å²) in [4.78, 5) is 10.4. The number of carboxylic acid groups (broad SMARTS) is 1. The zero-order valence-corrected chi connectivity index (χ0v) is 8.90. The number of aromatic hydroxyl groups is 1. The van der Waals surface area contributed by atoms with Crippen LogP contribution >= 0.6 is 0 Å². The fourth-order valence-corrected chi connectivity index (χ4v) is 1.51. The van der Waals surface area contributed by atoms with Crippen LogP contribution < -0.4 is 5.73 Å². The lowest BCUT2D eigenvalue weighted by atomic mass is 9.98. The summed E-state index contributed by atoms with van der Waals surface area (Å²) in [5.74, 6) is -2.10. The summed E-state index contributed by atoms with van der Waals surface area (Å²) in [5.41, 5.74) is 6.94. The zero-order chi connectivity index (χ0) is 12.3. The Morgan fingerprint density at radius 3 is 2.75 bits per heavy atom. The van der Waals surface area contributed by atoms with Gasteiger partial charge in [0.05, 0.1) is 0 Å². The largest absolute Gasteiger partial charge is 0.505 e. The molecule has 4 N–H and O–H groups in total. The van der Waals surface area contributed by atoms with E-state index in [2.05, 4.69) is 0 Å².